The third-order valence-corrected chi connectivity index (χ3v) is 3.13. The average molecular weight is 170 g/mol. The van der Waals surface area contributed by atoms with Crippen molar-refractivity contribution in [1.29, 1.82) is 0 Å². The fraction of sp³-hybridized carbons (Fsp3) is 1.00. The Labute approximate surface area is 74.0 Å². The third-order valence-electron chi connectivity index (χ3n) is 3.13. The zero-order chi connectivity index (χ0) is 8.39. The number of piperidine rings is 1. The summed E-state index contributed by atoms with van der Waals surface area (Å²) in [5.74, 6) is 0. The van der Waals surface area contributed by atoms with Gasteiger partial charge in [-0.25, -0.2) is 0 Å². The number of hydrogen-bond acceptors (Lipinski definition) is 3. The molecule has 1 N–H and O–H groups in total. The van der Waals surface area contributed by atoms with Crippen molar-refractivity contribution in [3.05, 3.63) is 0 Å². The van der Waals surface area contributed by atoms with Gasteiger partial charge in [0, 0.05) is 18.6 Å². The Morgan fingerprint density at radius 3 is 3.00 bits per heavy atom. The van der Waals surface area contributed by atoms with Crippen LogP contribution < -0.4 is 5.48 Å². The van der Waals surface area contributed by atoms with Crippen LogP contribution in [-0.2, 0) is 4.84 Å². The van der Waals surface area contributed by atoms with Crippen LogP contribution in [0.25, 0.3) is 0 Å². The highest BCUT2D eigenvalue weighted by Crippen LogP contribution is 2.26. The van der Waals surface area contributed by atoms with Gasteiger partial charge in [-0.05, 0) is 25.8 Å². The smallest absolute Gasteiger partial charge is 0.0572 e. The second kappa shape index (κ2) is 3.73. The molecule has 0 aromatic heterocycles. The van der Waals surface area contributed by atoms with Gasteiger partial charge < -0.3 is 4.84 Å². The molecule has 0 saturated carbocycles. The lowest BCUT2D eigenvalue weighted by atomic mass is 10.00. The molecule has 2 rings (SSSR count). The second-order valence-corrected chi connectivity index (χ2v) is 3.82. The van der Waals surface area contributed by atoms with E-state index >= 15 is 0 Å². The maximum absolute atomic E-state index is 5.00. The van der Waals surface area contributed by atoms with Crippen molar-refractivity contribution < 1.29 is 4.84 Å². The van der Waals surface area contributed by atoms with Crippen molar-refractivity contribution in [3.8, 4) is 0 Å². The van der Waals surface area contributed by atoms with Gasteiger partial charge in [0.05, 0.1) is 7.11 Å². The van der Waals surface area contributed by atoms with Crippen molar-refractivity contribution in [3.63, 3.8) is 0 Å². The fourth-order valence-electron chi connectivity index (χ4n) is 2.54. The molecule has 12 heavy (non-hydrogen) atoms. The van der Waals surface area contributed by atoms with Crippen molar-refractivity contribution in [2.24, 2.45) is 0 Å². The predicted molar refractivity (Wildman–Crippen MR) is 47.8 cm³/mol. The Morgan fingerprint density at radius 1 is 1.25 bits per heavy atom. The largest absolute Gasteiger partial charge is 0.305 e. The first-order valence-electron chi connectivity index (χ1n) is 4.94. The Kier molecular flexibility index (Phi) is 2.63. The molecule has 2 saturated heterocycles. The Balaban J connectivity index is 1.92. The maximum Gasteiger partial charge on any atom is 0.0572 e. The Hall–Kier alpha value is -0.120. The first kappa shape index (κ1) is 8.48. The van der Waals surface area contributed by atoms with E-state index in [1.807, 2.05) is 0 Å². The first-order valence-corrected chi connectivity index (χ1v) is 4.94. The van der Waals surface area contributed by atoms with Crippen LogP contribution in [-0.4, -0.2) is 37.2 Å². The molecule has 2 heterocycles. The lowest BCUT2D eigenvalue weighted by Gasteiger charge is -2.32. The number of hydrogen-bond donors (Lipinski definition) is 1. The summed E-state index contributed by atoms with van der Waals surface area (Å²) in [6, 6.07) is 1.33. The summed E-state index contributed by atoms with van der Waals surface area (Å²) < 4.78 is 0. The van der Waals surface area contributed by atoms with Crippen molar-refractivity contribution in [2.75, 3.05) is 20.2 Å². The minimum absolute atomic E-state index is 0.579. The van der Waals surface area contributed by atoms with Crippen molar-refractivity contribution >= 4 is 0 Å². The molecule has 2 aliphatic heterocycles. The highest BCUT2D eigenvalue weighted by Gasteiger charge is 2.35. The standard InChI is InChI=1S/C9H18N2O/c1-12-10-8-5-7-11-6-3-2-4-9(8)11/h8-10H,2-7H2,1H3. The van der Waals surface area contributed by atoms with Gasteiger partial charge in [0.1, 0.15) is 0 Å². The summed E-state index contributed by atoms with van der Waals surface area (Å²) in [6.07, 6.45) is 5.37. The summed E-state index contributed by atoms with van der Waals surface area (Å²) in [5.41, 5.74) is 3.10. The molecule has 0 aromatic carbocycles. The van der Waals surface area contributed by atoms with Crippen molar-refractivity contribution in [2.45, 2.75) is 37.8 Å². The molecule has 0 radical (unpaired) electrons. The summed E-state index contributed by atoms with van der Waals surface area (Å²) >= 11 is 0. The molecule has 2 atom stereocenters. The quantitative estimate of drug-likeness (QED) is 0.619. The molecule has 0 aliphatic carbocycles. The van der Waals surface area contributed by atoms with Gasteiger partial charge in [-0.1, -0.05) is 6.42 Å². The van der Waals surface area contributed by atoms with Gasteiger partial charge >= 0.3 is 0 Å². The molecular weight excluding hydrogens is 152 g/mol. The zero-order valence-electron chi connectivity index (χ0n) is 7.75. The van der Waals surface area contributed by atoms with Gasteiger partial charge in [0.15, 0.2) is 0 Å². The molecule has 2 fully saturated rings. The Bertz CT molecular complexity index is 151. The summed E-state index contributed by atoms with van der Waals surface area (Å²) in [4.78, 5) is 7.60. The van der Waals surface area contributed by atoms with Crippen LogP contribution in [0.1, 0.15) is 25.7 Å². The first-order chi connectivity index (χ1) is 5.92. The van der Waals surface area contributed by atoms with E-state index in [-0.39, 0.29) is 0 Å². The lowest BCUT2D eigenvalue weighted by molar-refractivity contribution is 0.0411. The summed E-state index contributed by atoms with van der Waals surface area (Å²) in [7, 11) is 1.71. The summed E-state index contributed by atoms with van der Waals surface area (Å²) in [5, 5.41) is 0. The van der Waals surface area contributed by atoms with Crippen molar-refractivity contribution in [1.82, 2.24) is 10.4 Å². The van der Waals surface area contributed by atoms with E-state index in [0.29, 0.717) is 6.04 Å². The van der Waals surface area contributed by atoms with Crippen LogP contribution in [0.2, 0.25) is 0 Å². The monoisotopic (exact) mass is 170 g/mol. The normalized spacial score (nSPS) is 36.8. The van der Waals surface area contributed by atoms with Crippen LogP contribution in [0.15, 0.2) is 0 Å². The molecule has 2 aliphatic rings. The van der Waals surface area contributed by atoms with Crippen LogP contribution >= 0.6 is 0 Å². The zero-order valence-corrected chi connectivity index (χ0v) is 7.75. The van der Waals surface area contributed by atoms with Gasteiger partial charge in [-0.15, -0.1) is 0 Å². The fourth-order valence-corrected chi connectivity index (χ4v) is 2.54. The lowest BCUT2D eigenvalue weighted by Crippen LogP contribution is -2.44. The van der Waals surface area contributed by atoms with Gasteiger partial charge in [-0.3, -0.25) is 4.90 Å². The van der Waals surface area contributed by atoms with E-state index in [2.05, 4.69) is 10.4 Å². The van der Waals surface area contributed by atoms with E-state index in [4.69, 9.17) is 4.84 Å². The molecule has 0 spiro atoms. The number of rotatable bonds is 2. The second-order valence-electron chi connectivity index (χ2n) is 3.82. The van der Waals surface area contributed by atoms with Crippen LogP contribution in [0.3, 0.4) is 0 Å². The number of hydroxylamine groups is 1. The highest BCUT2D eigenvalue weighted by molar-refractivity contribution is 4.92. The molecule has 0 bridgehead atoms. The van der Waals surface area contributed by atoms with E-state index in [0.717, 1.165) is 6.04 Å². The molecule has 0 aromatic rings. The van der Waals surface area contributed by atoms with E-state index in [1.54, 1.807) is 7.11 Å². The van der Waals surface area contributed by atoms with E-state index in [9.17, 15) is 0 Å². The molecule has 2 unspecified atom stereocenters. The SMILES string of the molecule is CONC1CCN2CCCCC12. The number of nitrogens with one attached hydrogen (secondary N) is 1. The number of fused-ring (bicyclic) bond motifs is 1. The van der Waals surface area contributed by atoms with Crippen LogP contribution in [0, 0.1) is 0 Å². The van der Waals surface area contributed by atoms with E-state index < -0.39 is 0 Å². The average Bonchev–Trinajstić information content (AvgIpc) is 2.50. The molecular formula is C9H18N2O. The van der Waals surface area contributed by atoms with Gasteiger partial charge in [0.2, 0.25) is 0 Å². The van der Waals surface area contributed by atoms with Crippen LogP contribution in [0.5, 0.6) is 0 Å². The van der Waals surface area contributed by atoms with Gasteiger partial charge in [-0.2, -0.15) is 5.48 Å². The Morgan fingerprint density at radius 2 is 2.17 bits per heavy atom. The summed E-state index contributed by atoms with van der Waals surface area (Å²) in [6.45, 7) is 2.55. The van der Waals surface area contributed by atoms with E-state index in [1.165, 1.54) is 38.8 Å². The highest BCUT2D eigenvalue weighted by atomic mass is 16.6. The predicted octanol–water partition coefficient (Wildman–Crippen LogP) is 0.764. The van der Waals surface area contributed by atoms with Crippen LogP contribution in [0.4, 0.5) is 0 Å². The maximum atomic E-state index is 5.00. The molecule has 3 heteroatoms. The minimum atomic E-state index is 0.579. The third kappa shape index (κ3) is 1.49. The topological polar surface area (TPSA) is 24.5 Å². The molecule has 0 amide bonds. The molecule has 3 nitrogen and oxygen atoms in total. The van der Waals surface area contributed by atoms with Gasteiger partial charge in [0.25, 0.3) is 0 Å². The number of nitrogens with zero attached hydrogens (tertiary/aromatic N) is 1. The molecule has 70 valence electrons. The minimum Gasteiger partial charge on any atom is -0.305 e.